The minimum atomic E-state index is -1.26. The Hall–Kier alpha value is -1.95. The maximum atomic E-state index is 11.6. The molecule has 0 bridgehead atoms. The zero-order valence-corrected chi connectivity index (χ0v) is 10.1. The van der Waals surface area contributed by atoms with Gasteiger partial charge in [0.15, 0.2) is 5.82 Å². The van der Waals surface area contributed by atoms with Gasteiger partial charge in [0.2, 0.25) is 0 Å². The molecular formula is C11H10N2O3S. The molecule has 0 unspecified atom stereocenters. The standard InChI is InChI=1S/C11H10N2O3S/c1-5-3-4-17-8(5)9-12-6(2)7(11(15)16)10(14)13-9/h3-4H,1-2H3,(H,15,16)(H,12,13,14). The number of hydrogen-bond acceptors (Lipinski definition) is 4. The van der Waals surface area contributed by atoms with Crippen molar-refractivity contribution in [3.05, 3.63) is 38.6 Å². The van der Waals surface area contributed by atoms with Crippen molar-refractivity contribution in [3.8, 4) is 10.7 Å². The van der Waals surface area contributed by atoms with E-state index in [2.05, 4.69) is 9.97 Å². The van der Waals surface area contributed by atoms with E-state index in [1.165, 1.54) is 18.3 Å². The van der Waals surface area contributed by atoms with Crippen molar-refractivity contribution in [2.45, 2.75) is 13.8 Å². The number of carbonyl (C=O) groups is 1. The molecular weight excluding hydrogens is 240 g/mol. The molecule has 0 spiro atoms. The first-order chi connectivity index (χ1) is 8.00. The molecule has 6 heteroatoms. The van der Waals surface area contributed by atoms with Gasteiger partial charge in [-0.05, 0) is 30.9 Å². The van der Waals surface area contributed by atoms with Crippen molar-refractivity contribution in [1.82, 2.24) is 9.97 Å². The molecule has 2 heterocycles. The molecule has 2 aromatic rings. The van der Waals surface area contributed by atoms with Gasteiger partial charge in [0.1, 0.15) is 5.56 Å². The molecule has 0 saturated heterocycles. The lowest BCUT2D eigenvalue weighted by Crippen LogP contribution is -2.21. The molecule has 0 aliphatic rings. The van der Waals surface area contributed by atoms with Crippen LogP contribution in [0.1, 0.15) is 21.6 Å². The van der Waals surface area contributed by atoms with Gasteiger partial charge in [0.25, 0.3) is 5.56 Å². The molecule has 0 radical (unpaired) electrons. The highest BCUT2D eigenvalue weighted by atomic mass is 32.1. The van der Waals surface area contributed by atoms with Gasteiger partial charge in [0.05, 0.1) is 10.6 Å². The number of aromatic carboxylic acids is 1. The molecule has 0 aromatic carbocycles. The summed E-state index contributed by atoms with van der Waals surface area (Å²) in [6.07, 6.45) is 0. The Morgan fingerprint density at radius 2 is 2.18 bits per heavy atom. The van der Waals surface area contributed by atoms with Crippen molar-refractivity contribution in [3.63, 3.8) is 0 Å². The summed E-state index contributed by atoms with van der Waals surface area (Å²) >= 11 is 1.45. The van der Waals surface area contributed by atoms with Crippen molar-refractivity contribution in [2.24, 2.45) is 0 Å². The van der Waals surface area contributed by atoms with E-state index >= 15 is 0 Å². The minimum absolute atomic E-state index is 0.226. The van der Waals surface area contributed by atoms with Gasteiger partial charge in [-0.1, -0.05) is 0 Å². The van der Waals surface area contributed by atoms with Gasteiger partial charge in [-0.2, -0.15) is 0 Å². The SMILES string of the molecule is Cc1ccsc1-c1nc(C)c(C(=O)O)c(=O)[nH]1. The number of aromatic amines is 1. The van der Waals surface area contributed by atoms with Crippen LogP contribution in [0.2, 0.25) is 0 Å². The molecule has 2 N–H and O–H groups in total. The van der Waals surface area contributed by atoms with Gasteiger partial charge in [-0.25, -0.2) is 9.78 Å². The fraction of sp³-hybridized carbons (Fsp3) is 0.182. The summed E-state index contributed by atoms with van der Waals surface area (Å²) in [5.74, 6) is -0.837. The number of aryl methyl sites for hydroxylation is 2. The molecule has 0 saturated carbocycles. The Kier molecular flexibility index (Phi) is 2.81. The summed E-state index contributed by atoms with van der Waals surface area (Å²) in [6.45, 7) is 3.43. The van der Waals surface area contributed by atoms with Gasteiger partial charge >= 0.3 is 5.97 Å². The van der Waals surface area contributed by atoms with Crippen molar-refractivity contribution in [1.29, 1.82) is 0 Å². The number of nitrogens with one attached hydrogen (secondary N) is 1. The fourth-order valence-electron chi connectivity index (χ4n) is 1.56. The Bertz CT molecular complexity index is 642. The van der Waals surface area contributed by atoms with Crippen LogP contribution in [0, 0.1) is 13.8 Å². The third-order valence-electron chi connectivity index (χ3n) is 2.39. The summed E-state index contributed by atoms with van der Waals surface area (Å²) in [4.78, 5) is 30.0. The predicted octanol–water partition coefficient (Wildman–Crippen LogP) is 1.81. The Morgan fingerprint density at radius 3 is 2.65 bits per heavy atom. The third-order valence-corrected chi connectivity index (χ3v) is 3.41. The molecule has 0 atom stereocenters. The average Bonchev–Trinajstić information content (AvgIpc) is 2.62. The van der Waals surface area contributed by atoms with Crippen LogP contribution in [0.25, 0.3) is 10.7 Å². The summed E-state index contributed by atoms with van der Waals surface area (Å²) in [6, 6.07) is 1.92. The maximum absolute atomic E-state index is 11.6. The molecule has 0 fully saturated rings. The van der Waals surface area contributed by atoms with E-state index in [1.807, 2.05) is 18.4 Å². The normalized spacial score (nSPS) is 10.5. The van der Waals surface area contributed by atoms with Crippen LogP contribution in [-0.2, 0) is 0 Å². The number of thiophene rings is 1. The smallest absolute Gasteiger partial charge is 0.343 e. The molecule has 2 aromatic heterocycles. The van der Waals surface area contributed by atoms with E-state index in [4.69, 9.17) is 5.11 Å². The summed E-state index contributed by atoms with van der Waals surface area (Å²) in [5, 5.41) is 10.8. The van der Waals surface area contributed by atoms with Crippen molar-refractivity contribution >= 4 is 17.3 Å². The monoisotopic (exact) mass is 250 g/mol. The fourth-order valence-corrected chi connectivity index (χ4v) is 2.43. The second-order valence-corrected chi connectivity index (χ2v) is 4.53. The highest BCUT2D eigenvalue weighted by Crippen LogP contribution is 2.25. The molecule has 0 amide bonds. The number of aromatic nitrogens is 2. The van der Waals surface area contributed by atoms with E-state index in [0.29, 0.717) is 5.82 Å². The predicted molar refractivity (Wildman–Crippen MR) is 64.6 cm³/mol. The lowest BCUT2D eigenvalue weighted by Gasteiger charge is -2.03. The lowest BCUT2D eigenvalue weighted by atomic mass is 10.2. The number of carboxylic acid groups (broad SMARTS) is 1. The average molecular weight is 250 g/mol. The number of hydrogen-bond donors (Lipinski definition) is 2. The molecule has 0 aliphatic carbocycles. The number of nitrogens with zero attached hydrogens (tertiary/aromatic N) is 1. The summed E-state index contributed by atoms with van der Waals surface area (Å²) in [5.41, 5.74) is 0.306. The molecule has 2 rings (SSSR count). The first-order valence-corrected chi connectivity index (χ1v) is 5.77. The highest BCUT2D eigenvalue weighted by molar-refractivity contribution is 7.13. The Morgan fingerprint density at radius 1 is 1.47 bits per heavy atom. The Balaban J connectivity index is 2.65. The van der Waals surface area contributed by atoms with E-state index in [-0.39, 0.29) is 11.3 Å². The van der Waals surface area contributed by atoms with Gasteiger partial charge in [0, 0.05) is 0 Å². The van der Waals surface area contributed by atoms with Gasteiger partial charge < -0.3 is 10.1 Å². The molecule has 0 aliphatic heterocycles. The Labute approximate surface area is 101 Å². The molecule has 5 nitrogen and oxygen atoms in total. The van der Waals surface area contributed by atoms with Crippen LogP contribution in [0.15, 0.2) is 16.2 Å². The first kappa shape index (κ1) is 11.5. The second kappa shape index (κ2) is 4.14. The van der Waals surface area contributed by atoms with Gasteiger partial charge in [-0.15, -0.1) is 11.3 Å². The molecule has 17 heavy (non-hydrogen) atoms. The van der Waals surface area contributed by atoms with Gasteiger partial charge in [-0.3, -0.25) is 4.79 Å². The van der Waals surface area contributed by atoms with Crippen LogP contribution < -0.4 is 5.56 Å². The summed E-state index contributed by atoms with van der Waals surface area (Å²) in [7, 11) is 0. The molecule has 88 valence electrons. The van der Waals surface area contributed by atoms with Crippen LogP contribution >= 0.6 is 11.3 Å². The first-order valence-electron chi connectivity index (χ1n) is 4.89. The van der Waals surface area contributed by atoms with Crippen LogP contribution in [0.4, 0.5) is 0 Å². The highest BCUT2D eigenvalue weighted by Gasteiger charge is 2.16. The van der Waals surface area contributed by atoms with Crippen molar-refractivity contribution in [2.75, 3.05) is 0 Å². The number of carboxylic acids is 1. The van der Waals surface area contributed by atoms with E-state index in [1.54, 1.807) is 0 Å². The summed E-state index contributed by atoms with van der Waals surface area (Å²) < 4.78 is 0. The lowest BCUT2D eigenvalue weighted by molar-refractivity contribution is 0.0693. The van der Waals surface area contributed by atoms with Crippen LogP contribution in [0.3, 0.4) is 0 Å². The minimum Gasteiger partial charge on any atom is -0.477 e. The third kappa shape index (κ3) is 1.99. The van der Waals surface area contributed by atoms with E-state index < -0.39 is 11.5 Å². The zero-order chi connectivity index (χ0) is 12.6. The quantitative estimate of drug-likeness (QED) is 0.851. The van der Waals surface area contributed by atoms with E-state index in [9.17, 15) is 9.59 Å². The zero-order valence-electron chi connectivity index (χ0n) is 9.27. The van der Waals surface area contributed by atoms with Crippen LogP contribution in [-0.4, -0.2) is 21.0 Å². The van der Waals surface area contributed by atoms with Crippen molar-refractivity contribution < 1.29 is 9.90 Å². The largest absolute Gasteiger partial charge is 0.477 e. The maximum Gasteiger partial charge on any atom is 0.343 e. The second-order valence-electron chi connectivity index (χ2n) is 3.61. The topological polar surface area (TPSA) is 83.0 Å². The number of H-pyrrole nitrogens is 1. The van der Waals surface area contributed by atoms with Crippen LogP contribution in [0.5, 0.6) is 0 Å². The van der Waals surface area contributed by atoms with E-state index in [0.717, 1.165) is 10.4 Å². The number of rotatable bonds is 2.